The number of amides is 1. The van der Waals surface area contributed by atoms with E-state index in [1.165, 1.54) is 0 Å². The maximum Gasteiger partial charge on any atom is 0.217 e. The van der Waals surface area contributed by atoms with Gasteiger partial charge in [-0.05, 0) is 50.3 Å². The molecule has 1 aromatic rings. The summed E-state index contributed by atoms with van der Waals surface area (Å²) < 4.78 is 11.0. The Balaban J connectivity index is 0.00000420. The standard InChI is InChI=1S/C20H31ClN4O3.HI/c1-4-23-20(25-8-6-7-14(13-25)11-18(22)26)24-12-15-9-16(21)19(28-5-2)17(10-15)27-3;/h9-10,14H,4-8,11-13H2,1-3H3,(H2,22,26)(H,23,24);1H. The van der Waals surface area contributed by atoms with Crippen LogP contribution in [0.1, 0.15) is 38.7 Å². The molecule has 29 heavy (non-hydrogen) atoms. The molecule has 3 N–H and O–H groups in total. The van der Waals surface area contributed by atoms with Crippen LogP contribution in [0.25, 0.3) is 0 Å². The van der Waals surface area contributed by atoms with Crippen molar-refractivity contribution in [3.8, 4) is 11.5 Å². The summed E-state index contributed by atoms with van der Waals surface area (Å²) in [5.74, 6) is 2.02. The highest BCUT2D eigenvalue weighted by Gasteiger charge is 2.23. The number of aliphatic imine (C=N–C) groups is 1. The van der Waals surface area contributed by atoms with Crippen LogP contribution in [0.2, 0.25) is 5.02 Å². The Bertz CT molecular complexity index is 703. The molecule has 1 unspecified atom stereocenters. The second-order valence-electron chi connectivity index (χ2n) is 6.84. The fourth-order valence-electron chi connectivity index (χ4n) is 3.45. The molecule has 1 saturated heterocycles. The topological polar surface area (TPSA) is 89.2 Å². The largest absolute Gasteiger partial charge is 0.493 e. The molecular weight excluding hydrogens is 507 g/mol. The molecule has 0 bridgehead atoms. The number of ether oxygens (including phenoxy) is 2. The quantitative estimate of drug-likeness (QED) is 0.301. The lowest BCUT2D eigenvalue weighted by Crippen LogP contribution is -2.47. The van der Waals surface area contributed by atoms with Gasteiger partial charge in [0.1, 0.15) is 0 Å². The number of benzene rings is 1. The number of carbonyl (C=O) groups is 1. The molecule has 2 rings (SSSR count). The Hall–Kier alpha value is -1.42. The van der Waals surface area contributed by atoms with Gasteiger partial charge in [-0.25, -0.2) is 4.99 Å². The van der Waals surface area contributed by atoms with Crippen LogP contribution in [0.15, 0.2) is 17.1 Å². The highest BCUT2D eigenvalue weighted by Crippen LogP contribution is 2.36. The molecule has 0 aromatic heterocycles. The molecular formula is C20H32ClIN4O3. The van der Waals surface area contributed by atoms with Crippen molar-refractivity contribution in [1.29, 1.82) is 0 Å². The van der Waals surface area contributed by atoms with E-state index in [0.717, 1.165) is 44.0 Å². The zero-order chi connectivity index (χ0) is 20.5. The first-order valence-corrected chi connectivity index (χ1v) is 10.2. The molecule has 0 saturated carbocycles. The van der Waals surface area contributed by atoms with Crippen LogP contribution in [0, 0.1) is 5.92 Å². The van der Waals surface area contributed by atoms with Crippen molar-refractivity contribution in [1.82, 2.24) is 10.2 Å². The Morgan fingerprint density at radius 3 is 2.79 bits per heavy atom. The molecule has 7 nitrogen and oxygen atoms in total. The Kier molecular flexibility index (Phi) is 11.5. The molecule has 1 fully saturated rings. The van der Waals surface area contributed by atoms with Crippen molar-refractivity contribution in [3.05, 3.63) is 22.7 Å². The van der Waals surface area contributed by atoms with E-state index >= 15 is 0 Å². The number of halogens is 2. The number of methoxy groups -OCH3 is 1. The molecule has 1 heterocycles. The Morgan fingerprint density at radius 2 is 2.17 bits per heavy atom. The molecule has 1 aliphatic heterocycles. The van der Waals surface area contributed by atoms with Gasteiger partial charge in [0.05, 0.1) is 25.3 Å². The van der Waals surface area contributed by atoms with Crippen LogP contribution in [-0.4, -0.2) is 50.1 Å². The summed E-state index contributed by atoms with van der Waals surface area (Å²) in [6.07, 6.45) is 2.46. The lowest BCUT2D eigenvalue weighted by atomic mass is 9.95. The van der Waals surface area contributed by atoms with Crippen LogP contribution in [-0.2, 0) is 11.3 Å². The van der Waals surface area contributed by atoms with E-state index in [0.29, 0.717) is 36.1 Å². The summed E-state index contributed by atoms with van der Waals surface area (Å²) in [4.78, 5) is 18.2. The summed E-state index contributed by atoms with van der Waals surface area (Å²) in [6, 6.07) is 3.75. The van der Waals surface area contributed by atoms with E-state index in [9.17, 15) is 4.79 Å². The highest BCUT2D eigenvalue weighted by molar-refractivity contribution is 14.0. The van der Waals surface area contributed by atoms with Gasteiger partial charge >= 0.3 is 0 Å². The third-order valence-corrected chi connectivity index (χ3v) is 4.91. The number of nitrogens with zero attached hydrogens (tertiary/aromatic N) is 2. The van der Waals surface area contributed by atoms with Gasteiger partial charge in [-0.3, -0.25) is 4.79 Å². The smallest absolute Gasteiger partial charge is 0.217 e. The minimum absolute atomic E-state index is 0. The van der Waals surface area contributed by atoms with Gasteiger partial charge in [-0.1, -0.05) is 11.6 Å². The zero-order valence-electron chi connectivity index (χ0n) is 17.4. The minimum Gasteiger partial charge on any atom is -0.493 e. The average Bonchev–Trinajstić information content (AvgIpc) is 2.66. The van der Waals surface area contributed by atoms with Gasteiger partial charge < -0.3 is 25.4 Å². The fraction of sp³-hybridized carbons (Fsp3) is 0.600. The van der Waals surface area contributed by atoms with Gasteiger partial charge in [0.2, 0.25) is 5.91 Å². The first-order valence-electron chi connectivity index (χ1n) is 9.79. The molecule has 1 aliphatic rings. The monoisotopic (exact) mass is 538 g/mol. The summed E-state index contributed by atoms with van der Waals surface area (Å²) >= 11 is 6.36. The number of likely N-dealkylation sites (tertiary alicyclic amines) is 1. The molecule has 1 amide bonds. The van der Waals surface area contributed by atoms with Crippen molar-refractivity contribution in [3.63, 3.8) is 0 Å². The van der Waals surface area contributed by atoms with Crippen molar-refractivity contribution >= 4 is 47.4 Å². The number of carbonyl (C=O) groups excluding carboxylic acids is 1. The van der Waals surface area contributed by atoms with Crippen LogP contribution in [0.3, 0.4) is 0 Å². The zero-order valence-corrected chi connectivity index (χ0v) is 20.5. The van der Waals surface area contributed by atoms with Crippen molar-refractivity contribution in [2.24, 2.45) is 16.6 Å². The predicted octanol–water partition coefficient (Wildman–Crippen LogP) is 3.42. The predicted molar refractivity (Wildman–Crippen MR) is 128 cm³/mol. The number of nitrogens with one attached hydrogen (secondary N) is 1. The Labute approximate surface area is 195 Å². The third kappa shape index (κ3) is 7.73. The van der Waals surface area contributed by atoms with Crippen LogP contribution < -0.4 is 20.5 Å². The second kappa shape index (κ2) is 13.0. The number of piperidine rings is 1. The molecule has 1 aromatic carbocycles. The maximum atomic E-state index is 11.3. The lowest BCUT2D eigenvalue weighted by molar-refractivity contribution is -0.119. The fourth-order valence-corrected chi connectivity index (χ4v) is 3.74. The summed E-state index contributed by atoms with van der Waals surface area (Å²) in [6.45, 7) is 7.37. The van der Waals surface area contributed by atoms with Gasteiger partial charge in [-0.2, -0.15) is 0 Å². The van der Waals surface area contributed by atoms with E-state index in [1.807, 2.05) is 26.0 Å². The maximum absolute atomic E-state index is 11.3. The number of primary amides is 1. The average molecular weight is 539 g/mol. The Morgan fingerprint density at radius 1 is 1.41 bits per heavy atom. The minimum atomic E-state index is -0.245. The van der Waals surface area contributed by atoms with Gasteiger partial charge in [0.25, 0.3) is 0 Å². The molecule has 1 atom stereocenters. The van der Waals surface area contributed by atoms with E-state index in [1.54, 1.807) is 7.11 Å². The van der Waals surface area contributed by atoms with E-state index in [4.69, 9.17) is 31.8 Å². The van der Waals surface area contributed by atoms with Crippen LogP contribution >= 0.6 is 35.6 Å². The lowest BCUT2D eigenvalue weighted by Gasteiger charge is -2.34. The van der Waals surface area contributed by atoms with E-state index in [-0.39, 0.29) is 35.8 Å². The second-order valence-corrected chi connectivity index (χ2v) is 7.24. The van der Waals surface area contributed by atoms with E-state index in [2.05, 4.69) is 10.2 Å². The van der Waals surface area contributed by atoms with Gasteiger partial charge in [0, 0.05) is 26.1 Å². The van der Waals surface area contributed by atoms with Crippen LogP contribution in [0.4, 0.5) is 0 Å². The molecule has 0 spiro atoms. The summed E-state index contributed by atoms with van der Waals surface area (Å²) in [7, 11) is 1.60. The summed E-state index contributed by atoms with van der Waals surface area (Å²) in [5, 5.41) is 3.85. The normalized spacial score (nSPS) is 16.8. The molecule has 164 valence electrons. The third-order valence-electron chi connectivity index (χ3n) is 4.63. The first-order chi connectivity index (χ1) is 13.5. The molecule has 0 radical (unpaired) electrons. The molecule has 0 aliphatic carbocycles. The van der Waals surface area contributed by atoms with Crippen LogP contribution in [0.5, 0.6) is 11.5 Å². The highest BCUT2D eigenvalue weighted by atomic mass is 127. The van der Waals surface area contributed by atoms with Gasteiger partial charge in [-0.15, -0.1) is 24.0 Å². The van der Waals surface area contributed by atoms with Crippen molar-refractivity contribution < 1.29 is 14.3 Å². The number of guanidine groups is 1. The number of rotatable bonds is 8. The summed E-state index contributed by atoms with van der Waals surface area (Å²) in [5.41, 5.74) is 6.31. The molecule has 9 heteroatoms. The number of hydrogen-bond acceptors (Lipinski definition) is 4. The van der Waals surface area contributed by atoms with E-state index < -0.39 is 0 Å². The van der Waals surface area contributed by atoms with Crippen molar-refractivity contribution in [2.75, 3.05) is 33.4 Å². The van der Waals surface area contributed by atoms with Gasteiger partial charge in [0.15, 0.2) is 17.5 Å². The number of nitrogens with two attached hydrogens (primary N) is 1. The van der Waals surface area contributed by atoms with Crippen molar-refractivity contribution in [2.45, 2.75) is 39.7 Å². The SMILES string of the molecule is CCNC(=NCc1cc(Cl)c(OCC)c(OC)c1)N1CCCC(CC(N)=O)C1.I. The number of hydrogen-bond donors (Lipinski definition) is 2. The first kappa shape index (κ1) is 25.6.